The predicted octanol–water partition coefficient (Wildman–Crippen LogP) is 2.44. The minimum absolute atomic E-state index is 0.0980. The molecule has 1 heterocycles. The third kappa shape index (κ3) is 3.08. The summed E-state index contributed by atoms with van der Waals surface area (Å²) in [4.78, 5) is 13.9. The number of nitrogens with zero attached hydrogens (tertiary/aromatic N) is 1. The van der Waals surface area contributed by atoms with Crippen molar-refractivity contribution >= 4 is 5.91 Å². The highest BCUT2D eigenvalue weighted by molar-refractivity contribution is 5.81. The van der Waals surface area contributed by atoms with Crippen molar-refractivity contribution in [2.75, 3.05) is 13.2 Å². The van der Waals surface area contributed by atoms with Crippen molar-refractivity contribution < 1.29 is 14.6 Å². The van der Waals surface area contributed by atoms with E-state index in [9.17, 15) is 9.90 Å². The second kappa shape index (κ2) is 6.53. The molecule has 3 N–H and O–H groups in total. The molecule has 126 valence electrons. The topological polar surface area (TPSA) is 75.8 Å². The quantitative estimate of drug-likeness (QED) is 0.889. The molecule has 24 heavy (non-hydrogen) atoms. The van der Waals surface area contributed by atoms with E-state index in [-0.39, 0.29) is 11.7 Å². The number of phenolic OH excluding ortho intramolecular Hbond substituents is 1. The van der Waals surface area contributed by atoms with Crippen molar-refractivity contribution in [3.63, 3.8) is 0 Å². The first-order valence-electron chi connectivity index (χ1n) is 8.06. The molecule has 1 atom stereocenters. The van der Waals surface area contributed by atoms with Gasteiger partial charge < -0.3 is 20.5 Å². The number of amides is 1. The van der Waals surface area contributed by atoms with Gasteiger partial charge in [0.25, 0.3) is 0 Å². The second-order valence-corrected chi connectivity index (χ2v) is 6.20. The van der Waals surface area contributed by atoms with E-state index >= 15 is 0 Å². The van der Waals surface area contributed by atoms with Gasteiger partial charge >= 0.3 is 0 Å². The molecule has 0 saturated heterocycles. The molecular weight excluding hydrogens is 304 g/mol. The number of hydrogen-bond acceptors (Lipinski definition) is 4. The maximum Gasteiger partial charge on any atom is 0.239 e. The lowest BCUT2D eigenvalue weighted by Gasteiger charge is -2.22. The summed E-state index contributed by atoms with van der Waals surface area (Å²) < 4.78 is 5.68. The van der Waals surface area contributed by atoms with Gasteiger partial charge in [-0.25, -0.2) is 0 Å². The van der Waals surface area contributed by atoms with E-state index in [1.54, 1.807) is 17.9 Å². The van der Waals surface area contributed by atoms with Crippen molar-refractivity contribution in [3.05, 3.63) is 47.5 Å². The SMILES string of the molecule is Cc1ccccc1-c1cc(O)c2c(c1)CN(C(=O)C(C)N)CCO2. The molecule has 0 fully saturated rings. The van der Waals surface area contributed by atoms with Crippen LogP contribution in [0.4, 0.5) is 0 Å². The van der Waals surface area contributed by atoms with Crippen molar-refractivity contribution in [1.29, 1.82) is 0 Å². The summed E-state index contributed by atoms with van der Waals surface area (Å²) in [5.41, 5.74) is 9.59. The van der Waals surface area contributed by atoms with Crippen molar-refractivity contribution in [3.8, 4) is 22.6 Å². The lowest BCUT2D eigenvalue weighted by atomic mass is 9.97. The van der Waals surface area contributed by atoms with E-state index in [0.717, 1.165) is 22.3 Å². The summed E-state index contributed by atoms with van der Waals surface area (Å²) >= 11 is 0. The number of carbonyl (C=O) groups is 1. The van der Waals surface area contributed by atoms with Crippen LogP contribution in [0.5, 0.6) is 11.5 Å². The normalized spacial score (nSPS) is 15.2. The van der Waals surface area contributed by atoms with Gasteiger partial charge in [-0.15, -0.1) is 0 Å². The number of nitrogens with two attached hydrogens (primary N) is 1. The first-order valence-corrected chi connectivity index (χ1v) is 8.06. The Morgan fingerprint density at radius 1 is 1.33 bits per heavy atom. The molecule has 5 nitrogen and oxygen atoms in total. The Morgan fingerprint density at radius 3 is 2.79 bits per heavy atom. The van der Waals surface area contributed by atoms with E-state index in [1.807, 2.05) is 37.3 Å². The number of hydrogen-bond donors (Lipinski definition) is 2. The molecule has 2 aromatic carbocycles. The Kier molecular flexibility index (Phi) is 4.44. The van der Waals surface area contributed by atoms with Crippen LogP contribution in [0.25, 0.3) is 11.1 Å². The molecule has 1 aliphatic rings. The molecule has 0 aromatic heterocycles. The van der Waals surface area contributed by atoms with E-state index < -0.39 is 6.04 Å². The van der Waals surface area contributed by atoms with Gasteiger partial charge in [-0.2, -0.15) is 0 Å². The van der Waals surface area contributed by atoms with Crippen LogP contribution in [0.2, 0.25) is 0 Å². The minimum atomic E-state index is -0.556. The molecule has 3 rings (SSSR count). The van der Waals surface area contributed by atoms with Crippen LogP contribution in [-0.2, 0) is 11.3 Å². The molecule has 2 aromatic rings. The Balaban J connectivity index is 2.03. The number of benzene rings is 2. The monoisotopic (exact) mass is 326 g/mol. The Bertz CT molecular complexity index is 771. The van der Waals surface area contributed by atoms with Gasteiger partial charge in [-0.05, 0) is 42.7 Å². The number of phenols is 1. The first-order chi connectivity index (χ1) is 11.5. The largest absolute Gasteiger partial charge is 0.504 e. The molecule has 0 spiro atoms. The minimum Gasteiger partial charge on any atom is -0.504 e. The summed E-state index contributed by atoms with van der Waals surface area (Å²) in [5, 5.41) is 10.4. The van der Waals surface area contributed by atoms with E-state index in [1.165, 1.54) is 0 Å². The maximum absolute atomic E-state index is 12.2. The maximum atomic E-state index is 12.2. The van der Waals surface area contributed by atoms with Crippen LogP contribution in [0, 0.1) is 6.92 Å². The highest BCUT2D eigenvalue weighted by Crippen LogP contribution is 2.38. The Morgan fingerprint density at radius 2 is 2.08 bits per heavy atom. The van der Waals surface area contributed by atoms with Gasteiger partial charge in [0.2, 0.25) is 5.91 Å². The fourth-order valence-corrected chi connectivity index (χ4v) is 3.03. The fourth-order valence-electron chi connectivity index (χ4n) is 3.03. The van der Waals surface area contributed by atoms with Crippen LogP contribution in [0.1, 0.15) is 18.1 Å². The molecule has 0 bridgehead atoms. The summed E-state index contributed by atoms with van der Waals surface area (Å²) in [6, 6.07) is 11.1. The molecule has 1 amide bonds. The van der Waals surface area contributed by atoms with Gasteiger partial charge in [0, 0.05) is 12.1 Å². The van der Waals surface area contributed by atoms with Crippen molar-refractivity contribution in [1.82, 2.24) is 4.90 Å². The van der Waals surface area contributed by atoms with Crippen LogP contribution in [0.15, 0.2) is 36.4 Å². The number of ether oxygens (including phenoxy) is 1. The van der Waals surface area contributed by atoms with Crippen LogP contribution in [0.3, 0.4) is 0 Å². The van der Waals surface area contributed by atoms with Gasteiger partial charge in [0.15, 0.2) is 11.5 Å². The van der Waals surface area contributed by atoms with E-state index in [0.29, 0.717) is 25.4 Å². The lowest BCUT2D eigenvalue weighted by Crippen LogP contribution is -2.42. The Hall–Kier alpha value is -2.53. The van der Waals surface area contributed by atoms with Gasteiger partial charge in [0.05, 0.1) is 12.6 Å². The fraction of sp³-hybridized carbons (Fsp3) is 0.316. The molecule has 0 saturated carbocycles. The number of fused-ring (bicyclic) bond motifs is 1. The van der Waals surface area contributed by atoms with Gasteiger partial charge in [0.1, 0.15) is 6.61 Å². The van der Waals surface area contributed by atoms with Crippen LogP contribution in [-0.4, -0.2) is 35.1 Å². The Labute approximate surface area is 141 Å². The molecule has 0 radical (unpaired) electrons. The van der Waals surface area contributed by atoms with E-state index in [2.05, 4.69) is 0 Å². The zero-order valence-corrected chi connectivity index (χ0v) is 14.0. The molecule has 1 aliphatic heterocycles. The van der Waals surface area contributed by atoms with Gasteiger partial charge in [-0.3, -0.25) is 4.79 Å². The summed E-state index contributed by atoms with van der Waals surface area (Å²) in [7, 11) is 0. The number of aromatic hydroxyl groups is 1. The molecule has 0 aliphatic carbocycles. The predicted molar refractivity (Wildman–Crippen MR) is 92.8 cm³/mol. The molecular formula is C19H22N2O3. The third-order valence-corrected chi connectivity index (χ3v) is 4.27. The third-order valence-electron chi connectivity index (χ3n) is 4.27. The average Bonchev–Trinajstić information content (AvgIpc) is 2.77. The highest BCUT2D eigenvalue weighted by atomic mass is 16.5. The standard InChI is InChI=1S/C19H22N2O3/c1-12-5-3-4-6-16(12)14-9-15-11-21(19(23)13(2)20)7-8-24-18(15)17(22)10-14/h3-6,9-10,13,22H,7-8,11,20H2,1-2H3. The van der Waals surface area contributed by atoms with E-state index in [4.69, 9.17) is 10.5 Å². The van der Waals surface area contributed by atoms with Gasteiger partial charge in [-0.1, -0.05) is 24.3 Å². The van der Waals surface area contributed by atoms with Crippen LogP contribution >= 0.6 is 0 Å². The zero-order chi connectivity index (χ0) is 17.3. The average molecular weight is 326 g/mol. The second-order valence-electron chi connectivity index (χ2n) is 6.20. The molecule has 5 heteroatoms. The van der Waals surface area contributed by atoms with Crippen molar-refractivity contribution in [2.45, 2.75) is 26.4 Å². The summed E-state index contributed by atoms with van der Waals surface area (Å²) in [6.45, 7) is 4.87. The number of aryl methyl sites for hydroxylation is 1. The summed E-state index contributed by atoms with van der Waals surface area (Å²) in [5.74, 6) is 0.431. The smallest absolute Gasteiger partial charge is 0.239 e. The van der Waals surface area contributed by atoms with Crippen LogP contribution < -0.4 is 10.5 Å². The highest BCUT2D eigenvalue weighted by Gasteiger charge is 2.24. The number of rotatable bonds is 2. The van der Waals surface area contributed by atoms with Crippen molar-refractivity contribution in [2.24, 2.45) is 5.73 Å². The molecule has 1 unspecified atom stereocenters. The first kappa shape index (κ1) is 16.3. The summed E-state index contributed by atoms with van der Waals surface area (Å²) in [6.07, 6.45) is 0. The number of carbonyl (C=O) groups excluding carboxylic acids is 1. The zero-order valence-electron chi connectivity index (χ0n) is 14.0. The lowest BCUT2D eigenvalue weighted by molar-refractivity contribution is -0.132.